The molecule has 1 heterocycles. The van der Waals surface area contributed by atoms with Gasteiger partial charge in [0.1, 0.15) is 5.92 Å². The number of carbonyl (C=O) groups is 2. The number of carboxylic acid groups (broad SMARTS) is 1. The summed E-state index contributed by atoms with van der Waals surface area (Å²) in [6, 6.07) is 0. The molecular formula is C12H21NO4. The lowest BCUT2D eigenvalue weighted by Gasteiger charge is -2.22. The van der Waals surface area contributed by atoms with Gasteiger partial charge in [-0.2, -0.15) is 0 Å². The largest absolute Gasteiger partial charge is 0.481 e. The molecule has 0 aromatic heterocycles. The first-order valence-electron chi connectivity index (χ1n) is 6.23. The Morgan fingerprint density at radius 2 is 2.06 bits per heavy atom. The number of ether oxygens (including phenoxy) is 1. The minimum atomic E-state index is -1.05. The molecule has 1 rings (SSSR count). The standard InChI is InChI=1S/C12H21NO4/c1-2-10(12(15)16)11(14)13-6-3-9-4-7-17-8-5-9/h9-10H,2-8H2,1H3,(H,13,14)(H,15,16). The van der Waals surface area contributed by atoms with Crippen LogP contribution in [0.15, 0.2) is 0 Å². The van der Waals surface area contributed by atoms with Gasteiger partial charge >= 0.3 is 5.97 Å². The molecule has 2 N–H and O–H groups in total. The summed E-state index contributed by atoms with van der Waals surface area (Å²) in [5.41, 5.74) is 0. The van der Waals surface area contributed by atoms with Crippen LogP contribution in [0.5, 0.6) is 0 Å². The highest BCUT2D eigenvalue weighted by molar-refractivity contribution is 5.96. The van der Waals surface area contributed by atoms with E-state index in [-0.39, 0.29) is 5.91 Å². The third-order valence-electron chi connectivity index (χ3n) is 3.22. The summed E-state index contributed by atoms with van der Waals surface area (Å²) in [5.74, 6) is -1.73. The van der Waals surface area contributed by atoms with Crippen LogP contribution in [0.3, 0.4) is 0 Å². The third-order valence-corrected chi connectivity index (χ3v) is 3.22. The molecule has 5 heteroatoms. The second-order valence-electron chi connectivity index (χ2n) is 4.43. The summed E-state index contributed by atoms with van der Waals surface area (Å²) in [6.07, 6.45) is 3.31. The Labute approximate surface area is 102 Å². The molecule has 1 fully saturated rings. The van der Waals surface area contributed by atoms with Crippen LogP contribution < -0.4 is 5.32 Å². The molecule has 1 saturated heterocycles. The fourth-order valence-corrected chi connectivity index (χ4v) is 2.03. The monoisotopic (exact) mass is 243 g/mol. The van der Waals surface area contributed by atoms with E-state index >= 15 is 0 Å². The smallest absolute Gasteiger partial charge is 0.316 e. The topological polar surface area (TPSA) is 75.6 Å². The van der Waals surface area contributed by atoms with Crippen molar-refractivity contribution >= 4 is 11.9 Å². The molecule has 0 aromatic carbocycles. The average Bonchev–Trinajstić information content (AvgIpc) is 2.30. The number of carboxylic acids is 1. The van der Waals surface area contributed by atoms with Gasteiger partial charge in [-0.15, -0.1) is 0 Å². The van der Waals surface area contributed by atoms with Gasteiger partial charge in [0.2, 0.25) is 5.91 Å². The molecule has 0 bridgehead atoms. The first-order chi connectivity index (χ1) is 8.15. The summed E-state index contributed by atoms with van der Waals surface area (Å²) in [5, 5.41) is 11.5. The maximum atomic E-state index is 11.5. The van der Waals surface area contributed by atoms with Crippen LogP contribution in [0.2, 0.25) is 0 Å². The van der Waals surface area contributed by atoms with Crippen molar-refractivity contribution in [1.82, 2.24) is 5.32 Å². The molecule has 1 aliphatic rings. The number of carbonyl (C=O) groups excluding carboxylic acids is 1. The van der Waals surface area contributed by atoms with Gasteiger partial charge in [0.05, 0.1) is 0 Å². The van der Waals surface area contributed by atoms with Crippen LogP contribution in [0.4, 0.5) is 0 Å². The van der Waals surface area contributed by atoms with Crippen molar-refractivity contribution in [2.45, 2.75) is 32.6 Å². The molecule has 0 saturated carbocycles. The Morgan fingerprint density at radius 3 is 2.59 bits per heavy atom. The van der Waals surface area contributed by atoms with Crippen LogP contribution in [0.1, 0.15) is 32.6 Å². The fourth-order valence-electron chi connectivity index (χ4n) is 2.03. The van der Waals surface area contributed by atoms with E-state index in [9.17, 15) is 9.59 Å². The van der Waals surface area contributed by atoms with Crippen molar-refractivity contribution in [1.29, 1.82) is 0 Å². The highest BCUT2D eigenvalue weighted by Crippen LogP contribution is 2.17. The second-order valence-corrected chi connectivity index (χ2v) is 4.43. The molecule has 0 spiro atoms. The minimum Gasteiger partial charge on any atom is -0.481 e. The highest BCUT2D eigenvalue weighted by Gasteiger charge is 2.23. The SMILES string of the molecule is CCC(C(=O)O)C(=O)NCCC1CCOCC1. The quantitative estimate of drug-likeness (QED) is 0.683. The molecule has 1 atom stereocenters. The van der Waals surface area contributed by atoms with E-state index in [2.05, 4.69) is 5.32 Å². The number of aliphatic carboxylic acids is 1. The Morgan fingerprint density at radius 1 is 1.41 bits per heavy atom. The molecule has 98 valence electrons. The molecular weight excluding hydrogens is 222 g/mol. The predicted molar refractivity (Wildman–Crippen MR) is 62.6 cm³/mol. The third kappa shape index (κ3) is 4.73. The van der Waals surface area contributed by atoms with Crippen LogP contribution in [-0.2, 0) is 14.3 Å². The van der Waals surface area contributed by atoms with Crippen LogP contribution >= 0.6 is 0 Å². The summed E-state index contributed by atoms with van der Waals surface area (Å²) < 4.78 is 5.25. The number of hydrogen-bond acceptors (Lipinski definition) is 3. The van der Waals surface area contributed by atoms with Gasteiger partial charge in [-0.3, -0.25) is 9.59 Å². The van der Waals surface area contributed by atoms with Gasteiger partial charge in [0, 0.05) is 19.8 Å². The normalized spacial score (nSPS) is 18.6. The van der Waals surface area contributed by atoms with E-state index in [1.54, 1.807) is 6.92 Å². The Kier molecular flexibility index (Phi) is 5.97. The first kappa shape index (κ1) is 14.0. The van der Waals surface area contributed by atoms with Crippen LogP contribution in [0.25, 0.3) is 0 Å². The van der Waals surface area contributed by atoms with Gasteiger partial charge < -0.3 is 15.2 Å². The molecule has 1 amide bonds. The zero-order valence-corrected chi connectivity index (χ0v) is 10.3. The molecule has 0 aliphatic carbocycles. The maximum Gasteiger partial charge on any atom is 0.316 e. The summed E-state index contributed by atoms with van der Waals surface area (Å²) in [4.78, 5) is 22.3. The van der Waals surface area contributed by atoms with E-state index in [1.165, 1.54) is 0 Å². The van der Waals surface area contributed by atoms with Crippen molar-refractivity contribution in [2.75, 3.05) is 19.8 Å². The zero-order chi connectivity index (χ0) is 12.7. The molecule has 1 unspecified atom stereocenters. The van der Waals surface area contributed by atoms with Crippen molar-refractivity contribution in [2.24, 2.45) is 11.8 Å². The van der Waals surface area contributed by atoms with Crippen molar-refractivity contribution in [3.05, 3.63) is 0 Å². The van der Waals surface area contributed by atoms with Crippen molar-refractivity contribution in [3.63, 3.8) is 0 Å². The Hall–Kier alpha value is -1.10. The van der Waals surface area contributed by atoms with Gasteiger partial charge in [0.25, 0.3) is 0 Å². The van der Waals surface area contributed by atoms with Crippen LogP contribution in [0, 0.1) is 11.8 Å². The van der Waals surface area contributed by atoms with E-state index in [4.69, 9.17) is 9.84 Å². The van der Waals surface area contributed by atoms with E-state index in [0.717, 1.165) is 32.5 Å². The zero-order valence-electron chi connectivity index (χ0n) is 10.3. The van der Waals surface area contributed by atoms with E-state index in [0.29, 0.717) is 18.9 Å². The fraction of sp³-hybridized carbons (Fsp3) is 0.833. The number of nitrogens with one attached hydrogen (secondary N) is 1. The second kappa shape index (κ2) is 7.27. The number of amides is 1. The maximum absolute atomic E-state index is 11.5. The summed E-state index contributed by atoms with van der Waals surface area (Å²) in [6.45, 7) is 3.86. The summed E-state index contributed by atoms with van der Waals surface area (Å²) >= 11 is 0. The Bertz CT molecular complexity index is 261. The van der Waals surface area contributed by atoms with Crippen molar-refractivity contribution in [3.8, 4) is 0 Å². The van der Waals surface area contributed by atoms with Gasteiger partial charge in [-0.25, -0.2) is 0 Å². The number of rotatable bonds is 6. The lowest BCUT2D eigenvalue weighted by Crippen LogP contribution is -2.36. The van der Waals surface area contributed by atoms with Gasteiger partial charge in [-0.05, 0) is 31.6 Å². The molecule has 1 aliphatic heterocycles. The lowest BCUT2D eigenvalue weighted by molar-refractivity contribution is -0.147. The van der Waals surface area contributed by atoms with E-state index in [1.807, 2.05) is 0 Å². The predicted octanol–water partition coefficient (Wildman–Crippen LogP) is 1.03. The number of hydrogen-bond donors (Lipinski definition) is 2. The van der Waals surface area contributed by atoms with E-state index < -0.39 is 11.9 Å². The molecule has 17 heavy (non-hydrogen) atoms. The van der Waals surface area contributed by atoms with Gasteiger partial charge in [0.15, 0.2) is 0 Å². The lowest BCUT2D eigenvalue weighted by atomic mass is 9.96. The first-order valence-corrected chi connectivity index (χ1v) is 6.23. The van der Waals surface area contributed by atoms with Crippen LogP contribution in [-0.4, -0.2) is 36.7 Å². The average molecular weight is 243 g/mol. The molecule has 5 nitrogen and oxygen atoms in total. The minimum absolute atomic E-state index is 0.332. The van der Waals surface area contributed by atoms with Gasteiger partial charge in [-0.1, -0.05) is 6.92 Å². The molecule has 0 radical (unpaired) electrons. The van der Waals surface area contributed by atoms with Crippen molar-refractivity contribution < 1.29 is 19.4 Å². The highest BCUT2D eigenvalue weighted by atomic mass is 16.5. The molecule has 0 aromatic rings. The Balaban J connectivity index is 2.20. The summed E-state index contributed by atoms with van der Waals surface area (Å²) in [7, 11) is 0.